The highest BCUT2D eigenvalue weighted by molar-refractivity contribution is 7.85. The lowest BCUT2D eigenvalue weighted by molar-refractivity contribution is 0.397. The van der Waals surface area contributed by atoms with Crippen LogP contribution in [0.15, 0.2) is 23.1 Å². The number of hydrogen-bond acceptors (Lipinski definition) is 2. The second kappa shape index (κ2) is 5.27. The Kier molecular flexibility index (Phi) is 3.94. The predicted molar refractivity (Wildman–Crippen MR) is 67.9 cm³/mol. The molecule has 0 spiro atoms. The molecule has 0 aliphatic carbocycles. The molecular weight excluding hydrogens is 237 g/mol. The molecule has 17 heavy (non-hydrogen) atoms. The van der Waals surface area contributed by atoms with Crippen molar-refractivity contribution in [3.8, 4) is 0 Å². The van der Waals surface area contributed by atoms with Crippen molar-refractivity contribution >= 4 is 10.8 Å². The summed E-state index contributed by atoms with van der Waals surface area (Å²) in [6.07, 6.45) is 1.04. The first-order chi connectivity index (χ1) is 8.15. The molecule has 0 bridgehead atoms. The fraction of sp³-hybridized carbons (Fsp3) is 0.538. The monoisotopic (exact) mass is 255 g/mol. The van der Waals surface area contributed by atoms with E-state index in [-0.39, 0.29) is 17.8 Å². The standard InChI is InChI=1S/C13H18FNOS/c1-3-7-15-12-9(2)8-17(16)13-10(12)5-4-6-11(13)14/h4-6,9,12,15H,3,7-8H2,1-2H3. The van der Waals surface area contributed by atoms with Crippen LogP contribution in [0.4, 0.5) is 4.39 Å². The van der Waals surface area contributed by atoms with Gasteiger partial charge >= 0.3 is 0 Å². The number of benzene rings is 1. The van der Waals surface area contributed by atoms with E-state index < -0.39 is 10.8 Å². The number of fused-ring (bicyclic) bond motifs is 1. The van der Waals surface area contributed by atoms with E-state index in [9.17, 15) is 8.60 Å². The zero-order chi connectivity index (χ0) is 12.4. The largest absolute Gasteiger partial charge is 0.310 e. The molecule has 94 valence electrons. The molecule has 1 aromatic carbocycles. The Morgan fingerprint density at radius 3 is 3.00 bits per heavy atom. The lowest BCUT2D eigenvalue weighted by atomic mass is 9.95. The van der Waals surface area contributed by atoms with Crippen molar-refractivity contribution in [2.75, 3.05) is 12.3 Å². The molecule has 1 heterocycles. The van der Waals surface area contributed by atoms with Crippen LogP contribution < -0.4 is 5.32 Å². The van der Waals surface area contributed by atoms with Gasteiger partial charge < -0.3 is 5.32 Å². The van der Waals surface area contributed by atoms with Crippen molar-refractivity contribution in [2.24, 2.45) is 5.92 Å². The van der Waals surface area contributed by atoms with Crippen LogP contribution in [-0.4, -0.2) is 16.5 Å². The summed E-state index contributed by atoms with van der Waals surface area (Å²) in [5, 5.41) is 3.42. The summed E-state index contributed by atoms with van der Waals surface area (Å²) in [4.78, 5) is 0.402. The van der Waals surface area contributed by atoms with Crippen LogP contribution in [0.2, 0.25) is 0 Å². The average molecular weight is 255 g/mol. The van der Waals surface area contributed by atoms with E-state index in [2.05, 4.69) is 19.2 Å². The van der Waals surface area contributed by atoms with Crippen molar-refractivity contribution in [1.82, 2.24) is 5.32 Å². The van der Waals surface area contributed by atoms with Crippen LogP contribution in [0.25, 0.3) is 0 Å². The maximum absolute atomic E-state index is 13.7. The maximum Gasteiger partial charge on any atom is 0.139 e. The zero-order valence-electron chi connectivity index (χ0n) is 10.2. The van der Waals surface area contributed by atoms with Crippen LogP contribution in [-0.2, 0) is 10.8 Å². The summed E-state index contributed by atoms with van der Waals surface area (Å²) in [5.74, 6) is 0.475. The number of halogens is 1. The second-order valence-electron chi connectivity index (χ2n) is 4.58. The lowest BCUT2D eigenvalue weighted by Gasteiger charge is -2.31. The summed E-state index contributed by atoms with van der Waals surface area (Å²) in [6, 6.07) is 5.10. The molecule has 0 radical (unpaired) electrons. The molecule has 1 aromatic rings. The van der Waals surface area contributed by atoms with Gasteiger partial charge in [-0.3, -0.25) is 4.21 Å². The first kappa shape index (κ1) is 12.7. The minimum atomic E-state index is -1.20. The third-order valence-corrected chi connectivity index (χ3v) is 4.87. The molecule has 0 saturated carbocycles. The highest BCUT2D eigenvalue weighted by Crippen LogP contribution is 2.35. The fourth-order valence-electron chi connectivity index (χ4n) is 2.35. The highest BCUT2D eigenvalue weighted by Gasteiger charge is 2.32. The Morgan fingerprint density at radius 1 is 1.53 bits per heavy atom. The summed E-state index contributed by atoms with van der Waals surface area (Å²) in [7, 11) is -1.20. The van der Waals surface area contributed by atoms with E-state index in [1.807, 2.05) is 6.07 Å². The Morgan fingerprint density at radius 2 is 2.29 bits per heavy atom. The van der Waals surface area contributed by atoms with Crippen LogP contribution in [0.5, 0.6) is 0 Å². The van der Waals surface area contributed by atoms with Gasteiger partial charge in [-0.2, -0.15) is 0 Å². The molecule has 3 atom stereocenters. The lowest BCUT2D eigenvalue weighted by Crippen LogP contribution is -2.35. The number of nitrogens with one attached hydrogen (secondary N) is 1. The minimum Gasteiger partial charge on any atom is -0.310 e. The molecule has 1 aliphatic heterocycles. The van der Waals surface area contributed by atoms with E-state index in [4.69, 9.17) is 0 Å². The Bertz CT molecular complexity index is 435. The molecule has 3 unspecified atom stereocenters. The maximum atomic E-state index is 13.7. The van der Waals surface area contributed by atoms with Gasteiger partial charge in [0.05, 0.1) is 15.7 Å². The van der Waals surface area contributed by atoms with Gasteiger partial charge in [-0.1, -0.05) is 26.0 Å². The van der Waals surface area contributed by atoms with Gasteiger partial charge in [-0.25, -0.2) is 4.39 Å². The molecule has 1 aliphatic rings. The van der Waals surface area contributed by atoms with Gasteiger partial charge in [0.1, 0.15) is 5.82 Å². The Balaban J connectivity index is 2.40. The SMILES string of the molecule is CCCNC1c2cccc(F)c2S(=O)CC1C. The van der Waals surface area contributed by atoms with Crippen molar-refractivity contribution in [1.29, 1.82) is 0 Å². The van der Waals surface area contributed by atoms with Crippen LogP contribution in [0, 0.1) is 11.7 Å². The van der Waals surface area contributed by atoms with Crippen molar-refractivity contribution in [3.05, 3.63) is 29.6 Å². The molecule has 4 heteroatoms. The van der Waals surface area contributed by atoms with Crippen LogP contribution in [0.1, 0.15) is 31.9 Å². The smallest absolute Gasteiger partial charge is 0.139 e. The third-order valence-electron chi connectivity index (χ3n) is 3.16. The molecule has 2 nitrogen and oxygen atoms in total. The van der Waals surface area contributed by atoms with E-state index in [1.165, 1.54) is 6.07 Å². The van der Waals surface area contributed by atoms with E-state index in [0.717, 1.165) is 18.5 Å². The summed E-state index contributed by atoms with van der Waals surface area (Å²) in [5.41, 5.74) is 0.871. The van der Waals surface area contributed by atoms with E-state index in [1.54, 1.807) is 6.07 Å². The normalized spacial score (nSPS) is 27.8. The predicted octanol–water partition coefficient (Wildman–Crippen LogP) is 2.62. The molecule has 0 saturated heterocycles. The van der Waals surface area contributed by atoms with Crippen LogP contribution in [0.3, 0.4) is 0 Å². The van der Waals surface area contributed by atoms with E-state index >= 15 is 0 Å². The average Bonchev–Trinajstić information content (AvgIpc) is 2.28. The summed E-state index contributed by atoms with van der Waals surface area (Å²) in [6.45, 7) is 5.07. The first-order valence-electron chi connectivity index (χ1n) is 6.05. The van der Waals surface area contributed by atoms with Gasteiger partial charge in [-0.15, -0.1) is 0 Å². The highest BCUT2D eigenvalue weighted by atomic mass is 32.2. The van der Waals surface area contributed by atoms with Crippen molar-refractivity contribution < 1.29 is 8.60 Å². The van der Waals surface area contributed by atoms with Crippen LogP contribution >= 0.6 is 0 Å². The molecule has 0 amide bonds. The molecular formula is C13H18FNOS. The van der Waals surface area contributed by atoms with Gasteiger partial charge in [-0.05, 0) is 30.5 Å². The second-order valence-corrected chi connectivity index (χ2v) is 6.01. The summed E-state index contributed by atoms with van der Waals surface area (Å²) < 4.78 is 25.7. The topological polar surface area (TPSA) is 29.1 Å². The molecule has 1 N–H and O–H groups in total. The zero-order valence-corrected chi connectivity index (χ0v) is 11.0. The fourth-order valence-corrected chi connectivity index (χ4v) is 3.93. The summed E-state index contributed by atoms with van der Waals surface area (Å²) >= 11 is 0. The van der Waals surface area contributed by atoms with Gasteiger partial charge in [0.15, 0.2) is 0 Å². The quantitative estimate of drug-likeness (QED) is 0.899. The Labute approximate surface area is 104 Å². The number of rotatable bonds is 3. The van der Waals surface area contributed by atoms with Gasteiger partial charge in [0.2, 0.25) is 0 Å². The third kappa shape index (κ3) is 2.43. The van der Waals surface area contributed by atoms with Gasteiger partial charge in [0, 0.05) is 11.8 Å². The minimum absolute atomic E-state index is 0.123. The molecule has 0 aromatic heterocycles. The molecule has 2 rings (SSSR count). The van der Waals surface area contributed by atoms with Crippen molar-refractivity contribution in [2.45, 2.75) is 31.2 Å². The van der Waals surface area contributed by atoms with E-state index in [0.29, 0.717) is 10.6 Å². The molecule has 0 fully saturated rings. The van der Waals surface area contributed by atoms with Crippen molar-refractivity contribution in [3.63, 3.8) is 0 Å². The van der Waals surface area contributed by atoms with Gasteiger partial charge in [0.25, 0.3) is 0 Å². The Hall–Kier alpha value is -0.740. The first-order valence-corrected chi connectivity index (χ1v) is 7.37. The number of hydrogen-bond donors (Lipinski definition) is 1.